The van der Waals surface area contributed by atoms with E-state index in [2.05, 4.69) is 127 Å². The van der Waals surface area contributed by atoms with Crippen LogP contribution < -0.4 is 10.4 Å². The van der Waals surface area contributed by atoms with E-state index in [9.17, 15) is 9.90 Å². The number of benzene rings is 3. The van der Waals surface area contributed by atoms with Crippen molar-refractivity contribution in [1.82, 2.24) is 4.98 Å². The Morgan fingerprint density at radius 2 is 1.42 bits per heavy atom. The second kappa shape index (κ2) is 18.3. The van der Waals surface area contributed by atoms with Crippen LogP contribution in [0.2, 0.25) is 39.3 Å². The van der Waals surface area contributed by atoms with Gasteiger partial charge in [0.2, 0.25) is 0 Å². The van der Waals surface area contributed by atoms with Crippen LogP contribution in [0.4, 0.5) is 0 Å². The minimum Gasteiger partial charge on any atom is -0.512 e. The zero-order valence-electron chi connectivity index (χ0n) is 34.5. The SMILES string of the molecule is CC(C)(C)c1cc(-c2nccc3c([Si](C)(C)C)c(-c4ccc([Si](C)(C)C)cc4)sc23)[c-]c2ccccc12.CCC(CC)C(=O)/C=C(\O)C(CC)CC.[Ir]. The number of hydrogen-bond donors (Lipinski definition) is 1. The Hall–Kier alpha value is -2.68. The van der Waals surface area contributed by atoms with Crippen LogP contribution >= 0.6 is 11.3 Å². The van der Waals surface area contributed by atoms with Crippen molar-refractivity contribution < 1.29 is 30.0 Å². The summed E-state index contributed by atoms with van der Waals surface area (Å²) in [5.74, 6) is 0.547. The average Bonchev–Trinajstić information content (AvgIpc) is 3.49. The van der Waals surface area contributed by atoms with Gasteiger partial charge in [0.25, 0.3) is 0 Å². The Kier molecular flexibility index (Phi) is 15.4. The number of aliphatic hydroxyl groups excluding tert-OH is 1. The van der Waals surface area contributed by atoms with Crippen molar-refractivity contribution in [3.63, 3.8) is 0 Å². The van der Waals surface area contributed by atoms with E-state index in [4.69, 9.17) is 4.98 Å². The summed E-state index contributed by atoms with van der Waals surface area (Å²) in [5, 5.41) is 16.6. The largest absolute Gasteiger partial charge is 0.512 e. The van der Waals surface area contributed by atoms with Crippen LogP contribution in [0.15, 0.2) is 78.7 Å². The van der Waals surface area contributed by atoms with E-state index in [0.717, 1.165) is 42.3 Å². The summed E-state index contributed by atoms with van der Waals surface area (Å²) in [6, 6.07) is 26.4. The van der Waals surface area contributed by atoms with Crippen molar-refractivity contribution in [2.24, 2.45) is 11.8 Å². The number of rotatable bonds is 11. The number of hydrogen-bond acceptors (Lipinski definition) is 4. The van der Waals surface area contributed by atoms with E-state index < -0.39 is 16.1 Å². The van der Waals surface area contributed by atoms with Crippen LogP contribution in [0.5, 0.6) is 0 Å². The van der Waals surface area contributed by atoms with Gasteiger partial charge in [-0.05, 0) is 53.3 Å². The van der Waals surface area contributed by atoms with Crippen molar-refractivity contribution in [3.8, 4) is 21.7 Å². The molecule has 0 saturated carbocycles. The number of thiophene rings is 1. The summed E-state index contributed by atoms with van der Waals surface area (Å²) in [4.78, 5) is 18.1. The number of allylic oxidation sites excluding steroid dienone is 2. The molecule has 287 valence electrons. The third kappa shape index (κ3) is 10.5. The predicted molar refractivity (Wildman–Crippen MR) is 235 cm³/mol. The number of nitrogens with zero attached hydrogens (tertiary/aromatic N) is 1. The Bertz CT molecular complexity index is 2020. The first-order valence-electron chi connectivity index (χ1n) is 19.3. The Balaban J connectivity index is 0.000000403. The van der Waals surface area contributed by atoms with E-state index >= 15 is 0 Å². The molecule has 0 aliphatic heterocycles. The summed E-state index contributed by atoms with van der Waals surface area (Å²) in [5.41, 5.74) is 4.87. The fourth-order valence-electron chi connectivity index (χ4n) is 7.04. The number of fused-ring (bicyclic) bond motifs is 2. The molecule has 0 saturated heterocycles. The van der Waals surface area contributed by atoms with E-state index in [-0.39, 0.29) is 48.9 Å². The Morgan fingerprint density at radius 3 is 1.94 bits per heavy atom. The molecule has 5 rings (SSSR count). The topological polar surface area (TPSA) is 50.2 Å². The molecule has 0 unspecified atom stereocenters. The monoisotopic (exact) mass is 941 g/mol. The van der Waals surface area contributed by atoms with Gasteiger partial charge in [-0.3, -0.25) is 9.78 Å². The molecule has 7 heteroatoms. The zero-order chi connectivity index (χ0) is 38.6. The quantitative estimate of drug-likeness (QED) is 0.0621. The molecular formula is C46H62IrNO2SSi2-. The third-order valence-electron chi connectivity index (χ3n) is 10.3. The summed E-state index contributed by atoms with van der Waals surface area (Å²) in [6.45, 7) is 29.6. The molecule has 0 aliphatic carbocycles. The molecule has 53 heavy (non-hydrogen) atoms. The van der Waals surface area contributed by atoms with Crippen LogP contribution in [0.3, 0.4) is 0 Å². The summed E-state index contributed by atoms with van der Waals surface area (Å²) >= 11 is 1.92. The first kappa shape index (κ1) is 44.7. The number of ketones is 1. The van der Waals surface area contributed by atoms with E-state index in [0.29, 0.717) is 0 Å². The summed E-state index contributed by atoms with van der Waals surface area (Å²) < 4.78 is 1.29. The fourth-order valence-corrected chi connectivity index (χ4v) is 12.4. The number of carbonyl (C=O) groups is 1. The molecular weight excluding hydrogens is 879 g/mol. The fraction of sp³-hybridized carbons (Fsp3) is 0.435. The predicted octanol–water partition coefficient (Wildman–Crippen LogP) is 12.8. The standard InChI is InChI=1S/C33H38NSSi2.C13H24O2.Ir/c1-33(2,3)28-21-24(20-23-12-10-11-13-26(23)28)29-31-27(18-19-34-29)32(37(7,8)9)30(35-31)22-14-16-25(17-15-22)36(4,5)6;1-5-10(6-2)12(14)9-13(15)11(7-3)8-4;/h10-19,21H,1-9H3;9-11,14H,5-8H2,1-4H3;/q-1;;/b;12-9-;. The van der Waals surface area contributed by atoms with Crippen LogP contribution in [-0.2, 0) is 30.3 Å². The van der Waals surface area contributed by atoms with Gasteiger partial charge in [-0.15, -0.1) is 40.5 Å². The second-order valence-electron chi connectivity index (χ2n) is 17.3. The molecule has 0 fully saturated rings. The van der Waals surface area contributed by atoms with E-state index in [1.807, 2.05) is 45.2 Å². The number of aliphatic hydroxyl groups is 1. The number of aromatic nitrogens is 1. The van der Waals surface area contributed by atoms with Crippen molar-refractivity contribution in [1.29, 1.82) is 0 Å². The van der Waals surface area contributed by atoms with Gasteiger partial charge in [-0.2, -0.15) is 0 Å². The molecule has 3 aromatic carbocycles. The maximum absolute atomic E-state index is 11.7. The molecule has 2 aromatic heterocycles. The van der Waals surface area contributed by atoms with Crippen molar-refractivity contribution in [3.05, 3.63) is 90.3 Å². The first-order valence-corrected chi connectivity index (χ1v) is 27.1. The molecule has 0 atom stereocenters. The van der Waals surface area contributed by atoms with Crippen LogP contribution in [0.25, 0.3) is 42.6 Å². The molecule has 1 N–H and O–H groups in total. The minimum atomic E-state index is -1.65. The van der Waals surface area contributed by atoms with Gasteiger partial charge in [0.15, 0.2) is 5.78 Å². The second-order valence-corrected chi connectivity index (χ2v) is 28.4. The molecule has 0 bridgehead atoms. The molecule has 2 heterocycles. The summed E-state index contributed by atoms with van der Waals surface area (Å²) in [7, 11) is -2.99. The van der Waals surface area contributed by atoms with Crippen molar-refractivity contribution >= 4 is 64.5 Å². The van der Waals surface area contributed by atoms with Crippen LogP contribution in [0, 0.1) is 17.9 Å². The van der Waals surface area contributed by atoms with Gasteiger partial charge in [-0.1, -0.05) is 146 Å². The molecule has 0 amide bonds. The maximum Gasteiger partial charge on any atom is 0.162 e. The van der Waals surface area contributed by atoms with Gasteiger partial charge in [0.05, 0.1) is 21.9 Å². The Labute approximate surface area is 340 Å². The van der Waals surface area contributed by atoms with Gasteiger partial charge in [-0.25, -0.2) is 0 Å². The molecule has 3 nitrogen and oxygen atoms in total. The van der Waals surface area contributed by atoms with Crippen molar-refractivity contribution in [2.75, 3.05) is 0 Å². The van der Waals surface area contributed by atoms with Crippen LogP contribution in [-0.4, -0.2) is 32.0 Å². The molecule has 0 aliphatic rings. The normalized spacial score (nSPS) is 12.6. The Morgan fingerprint density at radius 1 is 0.830 bits per heavy atom. The van der Waals surface area contributed by atoms with Gasteiger partial charge in [0, 0.05) is 59.5 Å². The number of pyridine rings is 1. The molecule has 0 spiro atoms. The maximum atomic E-state index is 11.7. The van der Waals surface area contributed by atoms with E-state index in [1.165, 1.54) is 42.7 Å². The van der Waals surface area contributed by atoms with Crippen LogP contribution in [0.1, 0.15) is 79.7 Å². The van der Waals surface area contributed by atoms with Crippen molar-refractivity contribution in [2.45, 2.75) is 119 Å². The minimum absolute atomic E-state index is 0. The zero-order valence-corrected chi connectivity index (χ0v) is 39.7. The molecule has 1 radical (unpaired) electrons. The van der Waals surface area contributed by atoms with Gasteiger partial charge >= 0.3 is 0 Å². The van der Waals surface area contributed by atoms with Gasteiger partial charge in [0.1, 0.15) is 0 Å². The molecule has 5 aromatic rings. The first-order chi connectivity index (χ1) is 24.3. The van der Waals surface area contributed by atoms with E-state index in [1.54, 1.807) is 5.19 Å². The average molecular weight is 941 g/mol. The number of carbonyl (C=O) groups excluding carboxylic acids is 1. The van der Waals surface area contributed by atoms with Gasteiger partial charge < -0.3 is 5.11 Å². The smallest absolute Gasteiger partial charge is 0.162 e. The third-order valence-corrected chi connectivity index (χ3v) is 15.8. The summed E-state index contributed by atoms with van der Waals surface area (Å²) in [6.07, 6.45) is 6.91.